The zero-order valence-electron chi connectivity index (χ0n) is 21.4. The normalized spacial score (nSPS) is 15.9. The minimum Gasteiger partial charge on any atom is -0.459 e. The molecule has 0 radical (unpaired) electrons. The van der Waals surface area contributed by atoms with Gasteiger partial charge in [0.15, 0.2) is 0 Å². The summed E-state index contributed by atoms with van der Waals surface area (Å²) in [6, 6.07) is 7.73. The monoisotopic (exact) mass is 497 g/mol. The number of carbonyl (C=O) groups excluding carboxylic acids is 3. The van der Waals surface area contributed by atoms with Crippen LogP contribution in [0.1, 0.15) is 75.4 Å². The Morgan fingerprint density at radius 2 is 1.95 bits per heavy atom. The van der Waals surface area contributed by atoms with Crippen LogP contribution in [0.15, 0.2) is 47.2 Å². The van der Waals surface area contributed by atoms with Gasteiger partial charge in [0.05, 0.1) is 12.1 Å². The largest absolute Gasteiger partial charge is 0.459 e. The molecule has 1 amide bonds. The molecule has 5 rings (SSSR count). The number of ketones is 2. The molecule has 0 spiro atoms. The summed E-state index contributed by atoms with van der Waals surface area (Å²) < 4.78 is 6.20. The average molecular weight is 498 g/mol. The van der Waals surface area contributed by atoms with Crippen LogP contribution in [0.2, 0.25) is 0 Å². The zero-order chi connectivity index (χ0) is 26.2. The minimum absolute atomic E-state index is 0.0235. The molecule has 0 aliphatic heterocycles. The number of carbonyl (C=O) groups is 3. The molecule has 37 heavy (non-hydrogen) atoms. The molecule has 2 heterocycles. The van der Waals surface area contributed by atoms with Crippen molar-refractivity contribution in [3.8, 4) is 11.3 Å². The molecule has 7 heteroatoms. The third kappa shape index (κ3) is 4.67. The lowest BCUT2D eigenvalue weighted by atomic mass is 9.69. The number of furan rings is 1. The van der Waals surface area contributed by atoms with Gasteiger partial charge in [0, 0.05) is 48.2 Å². The third-order valence-corrected chi connectivity index (χ3v) is 7.42. The van der Waals surface area contributed by atoms with Crippen molar-refractivity contribution in [2.75, 3.05) is 13.1 Å². The van der Waals surface area contributed by atoms with Crippen LogP contribution in [-0.4, -0.2) is 35.5 Å². The summed E-state index contributed by atoms with van der Waals surface area (Å²) in [7, 11) is 0. The lowest BCUT2D eigenvalue weighted by molar-refractivity contribution is -0.116. The summed E-state index contributed by atoms with van der Waals surface area (Å²) in [5, 5.41) is 6.08. The predicted octanol–water partition coefficient (Wildman–Crippen LogP) is 4.56. The highest BCUT2D eigenvalue weighted by Gasteiger charge is 2.40. The summed E-state index contributed by atoms with van der Waals surface area (Å²) >= 11 is 0. The number of benzene rings is 1. The van der Waals surface area contributed by atoms with Crippen molar-refractivity contribution in [2.45, 2.75) is 52.0 Å². The maximum atomic E-state index is 13.3. The number of pyridine rings is 1. The van der Waals surface area contributed by atoms with Gasteiger partial charge >= 0.3 is 0 Å². The Morgan fingerprint density at radius 1 is 1.14 bits per heavy atom. The van der Waals surface area contributed by atoms with Gasteiger partial charge in [0.1, 0.15) is 11.5 Å². The second-order valence-electron chi connectivity index (χ2n) is 10.4. The van der Waals surface area contributed by atoms with Gasteiger partial charge in [0.25, 0.3) is 0 Å². The first kappa shape index (κ1) is 24.8. The van der Waals surface area contributed by atoms with Crippen molar-refractivity contribution < 1.29 is 18.8 Å². The maximum absolute atomic E-state index is 13.3. The van der Waals surface area contributed by atoms with Gasteiger partial charge in [-0.1, -0.05) is 32.0 Å². The van der Waals surface area contributed by atoms with E-state index < -0.39 is 11.6 Å². The van der Waals surface area contributed by atoms with Crippen LogP contribution in [-0.2, 0) is 23.2 Å². The fraction of sp³-hybridized carbons (Fsp3) is 0.333. The molecule has 2 N–H and O–H groups in total. The van der Waals surface area contributed by atoms with Crippen molar-refractivity contribution >= 4 is 23.5 Å². The number of aromatic nitrogens is 1. The Bertz CT molecular complexity index is 1420. The molecular formula is C30H31N3O4. The maximum Gasteiger partial charge on any atom is 0.244 e. The van der Waals surface area contributed by atoms with Crippen molar-refractivity contribution in [2.24, 2.45) is 0 Å². The number of nitrogens with one attached hydrogen (secondary N) is 2. The third-order valence-electron chi connectivity index (χ3n) is 7.42. The fourth-order valence-corrected chi connectivity index (χ4v) is 5.43. The second kappa shape index (κ2) is 9.90. The molecule has 0 fully saturated rings. The molecule has 0 saturated heterocycles. The van der Waals surface area contributed by atoms with Gasteiger partial charge in [-0.15, -0.1) is 0 Å². The van der Waals surface area contributed by atoms with Gasteiger partial charge in [-0.3, -0.25) is 19.4 Å². The van der Waals surface area contributed by atoms with Crippen LogP contribution < -0.4 is 10.6 Å². The summed E-state index contributed by atoms with van der Waals surface area (Å²) in [6.45, 7) is 7.54. The molecule has 0 saturated carbocycles. The lowest BCUT2D eigenvalue weighted by Crippen LogP contribution is -2.30. The SMILES string of the molecule is Cc1c(CNCCNC(=O)/C=C/c2cccnc2)oc2c1C(=O)C(=O)c1c-2ccc2c1CCCC2(C)C. The van der Waals surface area contributed by atoms with Gasteiger partial charge in [0.2, 0.25) is 17.5 Å². The number of Topliss-reactive ketones (excluding diaryl/α,β-unsaturated/α-hetero) is 2. The summed E-state index contributed by atoms with van der Waals surface area (Å²) in [6.07, 6.45) is 9.40. The molecule has 3 aromatic rings. The summed E-state index contributed by atoms with van der Waals surface area (Å²) in [5.41, 5.74) is 5.29. The Labute approximate surface area is 216 Å². The van der Waals surface area contributed by atoms with Crippen LogP contribution in [0, 0.1) is 6.92 Å². The Kier molecular flexibility index (Phi) is 6.65. The smallest absolute Gasteiger partial charge is 0.244 e. The highest BCUT2D eigenvalue weighted by molar-refractivity contribution is 6.53. The molecule has 7 nitrogen and oxygen atoms in total. The van der Waals surface area contributed by atoms with E-state index in [0.717, 1.165) is 41.5 Å². The highest BCUT2D eigenvalue weighted by atomic mass is 16.3. The van der Waals surface area contributed by atoms with E-state index in [9.17, 15) is 14.4 Å². The molecule has 0 bridgehead atoms. The van der Waals surface area contributed by atoms with Crippen molar-refractivity contribution in [1.82, 2.24) is 15.6 Å². The van der Waals surface area contributed by atoms with Crippen LogP contribution in [0.3, 0.4) is 0 Å². The first-order valence-electron chi connectivity index (χ1n) is 12.7. The van der Waals surface area contributed by atoms with E-state index in [-0.39, 0.29) is 11.3 Å². The van der Waals surface area contributed by atoms with E-state index in [0.29, 0.717) is 47.8 Å². The zero-order valence-corrected chi connectivity index (χ0v) is 21.4. The van der Waals surface area contributed by atoms with Crippen molar-refractivity contribution in [1.29, 1.82) is 0 Å². The molecule has 1 aromatic carbocycles. The van der Waals surface area contributed by atoms with Crippen LogP contribution in [0.25, 0.3) is 17.4 Å². The molecule has 0 unspecified atom stereocenters. The number of hydrogen-bond donors (Lipinski definition) is 2. The van der Waals surface area contributed by atoms with E-state index in [4.69, 9.17) is 4.42 Å². The molecule has 2 aliphatic carbocycles. The van der Waals surface area contributed by atoms with E-state index >= 15 is 0 Å². The first-order valence-corrected chi connectivity index (χ1v) is 12.7. The van der Waals surface area contributed by atoms with E-state index in [2.05, 4.69) is 35.5 Å². The summed E-state index contributed by atoms with van der Waals surface area (Å²) in [4.78, 5) is 42.5. The average Bonchev–Trinajstić information content (AvgIpc) is 3.22. The molecule has 2 aliphatic rings. The topological polar surface area (TPSA) is 101 Å². The molecular weight excluding hydrogens is 466 g/mol. The Hall–Kier alpha value is -3.84. The van der Waals surface area contributed by atoms with Gasteiger partial charge < -0.3 is 15.1 Å². The number of rotatable bonds is 7. The molecule has 190 valence electrons. The van der Waals surface area contributed by atoms with Gasteiger partial charge in [-0.05, 0) is 60.4 Å². The standard InChI is InChI=1S/C30H31N3O4/c1-18-23(17-32-14-15-33-24(34)11-8-19-6-5-13-31-16-19)37-29-21-9-10-22-20(7-4-12-30(22,2)3)26(21)28(36)27(35)25(18)29/h5-6,8-11,13,16,32H,4,7,12,14-15,17H2,1-3H3,(H,33,34)/b11-8+. The first-order chi connectivity index (χ1) is 17.8. The number of amides is 1. The quantitative estimate of drug-likeness (QED) is 0.282. The van der Waals surface area contributed by atoms with Crippen LogP contribution in [0.4, 0.5) is 0 Å². The Morgan fingerprint density at radius 3 is 2.73 bits per heavy atom. The van der Waals surface area contributed by atoms with Crippen molar-refractivity contribution in [3.63, 3.8) is 0 Å². The van der Waals surface area contributed by atoms with Crippen LogP contribution >= 0.6 is 0 Å². The van der Waals surface area contributed by atoms with Gasteiger partial charge in [-0.25, -0.2) is 0 Å². The van der Waals surface area contributed by atoms with Gasteiger partial charge in [-0.2, -0.15) is 0 Å². The van der Waals surface area contributed by atoms with E-state index in [1.165, 1.54) is 6.08 Å². The van der Waals surface area contributed by atoms with Crippen molar-refractivity contribution in [3.05, 3.63) is 81.9 Å². The van der Waals surface area contributed by atoms with Crippen LogP contribution in [0.5, 0.6) is 0 Å². The second-order valence-corrected chi connectivity index (χ2v) is 10.4. The minimum atomic E-state index is -0.487. The number of fused-ring (bicyclic) bond motifs is 5. The van der Waals surface area contributed by atoms with E-state index in [1.54, 1.807) is 18.5 Å². The lowest BCUT2D eigenvalue weighted by Gasteiger charge is -2.34. The fourth-order valence-electron chi connectivity index (χ4n) is 5.43. The number of hydrogen-bond acceptors (Lipinski definition) is 6. The molecule has 2 aromatic heterocycles. The Balaban J connectivity index is 1.27. The summed E-state index contributed by atoms with van der Waals surface area (Å²) in [5.74, 6) is 0.0123. The highest BCUT2D eigenvalue weighted by Crippen LogP contribution is 2.45. The van der Waals surface area contributed by atoms with E-state index in [1.807, 2.05) is 25.1 Å². The predicted molar refractivity (Wildman–Crippen MR) is 141 cm³/mol. The number of nitrogens with zero attached hydrogens (tertiary/aromatic N) is 1. The molecule has 0 atom stereocenters.